The van der Waals surface area contributed by atoms with Crippen LogP contribution in [0.5, 0.6) is 0 Å². The minimum atomic E-state index is -4.38. The van der Waals surface area contributed by atoms with Crippen molar-refractivity contribution in [3.8, 4) is 0 Å². The van der Waals surface area contributed by atoms with Crippen molar-refractivity contribution in [3.63, 3.8) is 0 Å². The molecule has 2 aliphatic rings. The highest BCUT2D eigenvalue weighted by molar-refractivity contribution is 7.98. The number of aromatic nitrogens is 2. The van der Waals surface area contributed by atoms with E-state index in [9.17, 15) is 18.0 Å². The molecule has 0 radical (unpaired) electrons. The van der Waals surface area contributed by atoms with E-state index in [-0.39, 0.29) is 5.91 Å². The quantitative estimate of drug-likeness (QED) is 0.183. The van der Waals surface area contributed by atoms with Gasteiger partial charge in [-0.25, -0.2) is 9.97 Å². The highest BCUT2D eigenvalue weighted by atomic mass is 35.5. The number of piperidine rings is 1. The normalized spacial score (nSPS) is 16.9. The number of thioether (sulfide) groups is 1. The van der Waals surface area contributed by atoms with Crippen LogP contribution in [0.15, 0.2) is 59.8 Å². The summed E-state index contributed by atoms with van der Waals surface area (Å²) in [7, 11) is 0. The Bertz CT molecular complexity index is 1340. The van der Waals surface area contributed by atoms with Crippen LogP contribution in [0.4, 0.5) is 24.7 Å². The zero-order valence-electron chi connectivity index (χ0n) is 22.2. The molecule has 40 heavy (non-hydrogen) atoms. The van der Waals surface area contributed by atoms with Gasteiger partial charge in [-0.1, -0.05) is 48.5 Å². The van der Waals surface area contributed by atoms with Gasteiger partial charge < -0.3 is 14.7 Å². The van der Waals surface area contributed by atoms with Crippen molar-refractivity contribution >= 4 is 40.8 Å². The maximum Gasteiger partial charge on any atom is 0.416 e. The third-order valence-electron chi connectivity index (χ3n) is 7.42. The number of nitrogens with zero attached hydrogens (tertiary/aromatic N) is 5. The molecule has 0 N–H and O–H groups in total. The average Bonchev–Trinajstić information content (AvgIpc) is 2.96. The molecule has 2 aliphatic heterocycles. The lowest BCUT2D eigenvalue weighted by Gasteiger charge is -2.36. The number of amides is 1. The van der Waals surface area contributed by atoms with Crippen molar-refractivity contribution in [3.05, 3.63) is 76.4 Å². The van der Waals surface area contributed by atoms with Gasteiger partial charge in [0.25, 0.3) is 5.91 Å². The van der Waals surface area contributed by atoms with E-state index in [0.717, 1.165) is 55.4 Å². The van der Waals surface area contributed by atoms with E-state index in [4.69, 9.17) is 16.6 Å². The molecule has 0 atom stereocenters. The summed E-state index contributed by atoms with van der Waals surface area (Å²) in [5, 5.41) is 1.02. The first kappa shape index (κ1) is 28.5. The zero-order valence-corrected chi connectivity index (χ0v) is 23.8. The summed E-state index contributed by atoms with van der Waals surface area (Å²) in [4.78, 5) is 28.3. The molecule has 0 aliphatic carbocycles. The van der Waals surface area contributed by atoms with Crippen molar-refractivity contribution in [1.82, 2.24) is 14.9 Å². The van der Waals surface area contributed by atoms with Gasteiger partial charge in [0.05, 0.1) is 5.56 Å². The summed E-state index contributed by atoms with van der Waals surface area (Å²) in [5.41, 5.74) is 1.40. The van der Waals surface area contributed by atoms with Crippen molar-refractivity contribution in [2.45, 2.75) is 36.9 Å². The summed E-state index contributed by atoms with van der Waals surface area (Å²) in [6, 6.07) is 14.6. The predicted octanol–water partition coefficient (Wildman–Crippen LogP) is 6.64. The van der Waals surface area contributed by atoms with Crippen LogP contribution in [-0.2, 0) is 11.9 Å². The van der Waals surface area contributed by atoms with Crippen LogP contribution in [0.3, 0.4) is 0 Å². The van der Waals surface area contributed by atoms with E-state index in [1.807, 2.05) is 29.2 Å². The first-order valence-corrected chi connectivity index (χ1v) is 14.7. The van der Waals surface area contributed by atoms with Crippen LogP contribution in [0.25, 0.3) is 0 Å². The Kier molecular flexibility index (Phi) is 8.75. The second kappa shape index (κ2) is 12.3. The number of anilines is 2. The van der Waals surface area contributed by atoms with Gasteiger partial charge in [0.2, 0.25) is 0 Å². The predicted molar refractivity (Wildman–Crippen MR) is 153 cm³/mol. The van der Waals surface area contributed by atoms with E-state index in [1.165, 1.54) is 17.8 Å². The maximum atomic E-state index is 13.2. The van der Waals surface area contributed by atoms with E-state index in [1.54, 1.807) is 17.0 Å². The fourth-order valence-electron chi connectivity index (χ4n) is 5.02. The summed E-state index contributed by atoms with van der Waals surface area (Å²) in [6.07, 6.45) is -2.12. The Hall–Kier alpha value is -2.98. The summed E-state index contributed by atoms with van der Waals surface area (Å²) >= 11 is 7.79. The summed E-state index contributed by atoms with van der Waals surface area (Å²) < 4.78 is 39.3. The Morgan fingerprint density at radius 2 is 1.68 bits per heavy atom. The van der Waals surface area contributed by atoms with Crippen LogP contribution in [0.1, 0.15) is 41.3 Å². The summed E-state index contributed by atoms with van der Waals surface area (Å²) in [6.45, 7) is 5.98. The Balaban J connectivity index is 1.18. The van der Waals surface area contributed by atoms with Gasteiger partial charge in [-0.3, -0.25) is 4.79 Å². The third kappa shape index (κ3) is 7.01. The molecule has 1 amide bonds. The van der Waals surface area contributed by atoms with Gasteiger partial charge in [-0.05, 0) is 54.7 Å². The van der Waals surface area contributed by atoms with Gasteiger partial charge in [-0.2, -0.15) is 13.2 Å². The molecule has 1 aromatic heterocycles. The second-order valence-electron chi connectivity index (χ2n) is 10.3. The van der Waals surface area contributed by atoms with Gasteiger partial charge in [-0.15, -0.1) is 0 Å². The van der Waals surface area contributed by atoms with Gasteiger partial charge in [0, 0.05) is 62.3 Å². The van der Waals surface area contributed by atoms with Gasteiger partial charge in [0.15, 0.2) is 5.16 Å². The van der Waals surface area contributed by atoms with Crippen LogP contribution < -0.4 is 9.80 Å². The van der Waals surface area contributed by atoms with E-state index >= 15 is 0 Å². The molecule has 11 heteroatoms. The van der Waals surface area contributed by atoms with E-state index < -0.39 is 11.7 Å². The third-order valence-corrected chi connectivity index (χ3v) is 8.53. The smallest absolute Gasteiger partial charge is 0.368 e. The lowest BCUT2D eigenvalue weighted by Crippen LogP contribution is -2.48. The number of alkyl halides is 3. The molecule has 3 aromatic rings. The molecule has 5 rings (SSSR count). The summed E-state index contributed by atoms with van der Waals surface area (Å²) in [5.74, 6) is 2.07. The number of rotatable bonds is 6. The first-order valence-electron chi connectivity index (χ1n) is 13.4. The Morgan fingerprint density at radius 1 is 0.950 bits per heavy atom. The Morgan fingerprint density at radius 3 is 2.40 bits per heavy atom. The molecule has 0 unspecified atom stereocenters. The molecular weight excluding hydrogens is 559 g/mol. The average molecular weight is 590 g/mol. The molecule has 212 valence electrons. The molecule has 0 saturated carbocycles. The molecule has 0 bridgehead atoms. The Labute approximate surface area is 241 Å². The topological polar surface area (TPSA) is 52.6 Å². The highest BCUT2D eigenvalue weighted by Crippen LogP contribution is 2.32. The lowest BCUT2D eigenvalue weighted by atomic mass is 9.99. The molecule has 0 spiro atoms. The number of hydrogen-bond donors (Lipinski definition) is 0. The molecule has 6 nitrogen and oxygen atoms in total. The number of hydrogen-bond acceptors (Lipinski definition) is 6. The van der Waals surface area contributed by atoms with Crippen LogP contribution in [0.2, 0.25) is 5.15 Å². The van der Waals surface area contributed by atoms with E-state index in [0.29, 0.717) is 53.5 Å². The molecule has 2 saturated heterocycles. The monoisotopic (exact) mass is 589 g/mol. The van der Waals surface area contributed by atoms with Crippen LogP contribution >= 0.6 is 23.4 Å². The van der Waals surface area contributed by atoms with Crippen molar-refractivity contribution in [2.75, 3.05) is 49.1 Å². The number of carbonyl (C=O) groups excluding carboxylic acids is 1. The number of piperazine rings is 1. The second-order valence-corrected chi connectivity index (χ2v) is 11.6. The number of benzene rings is 2. The largest absolute Gasteiger partial charge is 0.416 e. The van der Waals surface area contributed by atoms with Crippen molar-refractivity contribution < 1.29 is 18.0 Å². The number of halogens is 4. The standard InChI is InChI=1S/C29H31ClF3N5OS/c1-20-8-10-37(11-9-20)26-18-25(30)34-28(35-26)40-19-21-4-2-5-22(16-21)27(39)38-14-12-36(13-15-38)24-7-3-6-23(17-24)29(31,32)33/h2-7,16-18,20H,8-15,19H2,1H3. The van der Waals surface area contributed by atoms with Crippen LogP contribution in [-0.4, -0.2) is 60.0 Å². The molecular formula is C29H31ClF3N5OS. The molecule has 2 aromatic carbocycles. The minimum absolute atomic E-state index is 0.0869. The SMILES string of the molecule is CC1CCN(c2cc(Cl)nc(SCc3cccc(C(=O)N4CCN(c5cccc(C(F)(F)F)c5)CC4)c3)n2)CC1. The van der Waals surface area contributed by atoms with Gasteiger partial charge in [0.1, 0.15) is 11.0 Å². The maximum absolute atomic E-state index is 13.2. The first-order chi connectivity index (χ1) is 19.2. The molecule has 3 heterocycles. The lowest BCUT2D eigenvalue weighted by molar-refractivity contribution is -0.137. The minimum Gasteiger partial charge on any atom is -0.368 e. The zero-order chi connectivity index (χ0) is 28.3. The highest BCUT2D eigenvalue weighted by Gasteiger charge is 2.31. The fourth-order valence-corrected chi connectivity index (χ4v) is 6.05. The van der Waals surface area contributed by atoms with Gasteiger partial charge >= 0.3 is 6.18 Å². The van der Waals surface area contributed by atoms with E-state index in [2.05, 4.69) is 16.8 Å². The van der Waals surface area contributed by atoms with Crippen molar-refractivity contribution in [1.29, 1.82) is 0 Å². The van der Waals surface area contributed by atoms with Crippen LogP contribution in [0, 0.1) is 5.92 Å². The van der Waals surface area contributed by atoms with Crippen molar-refractivity contribution in [2.24, 2.45) is 5.92 Å². The fraction of sp³-hybridized carbons (Fsp3) is 0.414. The molecule has 2 fully saturated rings. The number of carbonyl (C=O) groups is 1.